The molecule has 182 valence electrons. The van der Waals surface area contributed by atoms with E-state index in [1.165, 1.54) is 11.1 Å². The van der Waals surface area contributed by atoms with E-state index in [1.54, 1.807) is 0 Å². The topological polar surface area (TPSA) is 35.5 Å². The molecule has 0 radical (unpaired) electrons. The summed E-state index contributed by atoms with van der Waals surface area (Å²) in [4.78, 5) is 0. The van der Waals surface area contributed by atoms with Gasteiger partial charge in [-0.2, -0.15) is 0 Å². The predicted octanol–water partition coefficient (Wildman–Crippen LogP) is 8.56. The number of rotatable bonds is 5. The minimum absolute atomic E-state index is 0.00416. The van der Waals surface area contributed by atoms with Crippen molar-refractivity contribution in [3.05, 3.63) is 89.5 Å². The Morgan fingerprint density at radius 1 is 0.471 bits per heavy atom. The van der Waals surface area contributed by atoms with Gasteiger partial charge in [0.25, 0.3) is 0 Å². The zero-order valence-electron chi connectivity index (χ0n) is 22.1. The fourth-order valence-electron chi connectivity index (χ4n) is 3.58. The van der Waals surface area contributed by atoms with E-state index in [2.05, 4.69) is 62.3 Å². The van der Waals surface area contributed by atoms with E-state index in [0.29, 0.717) is 16.8 Å². The maximum absolute atomic E-state index is 14.2. The molecule has 3 rings (SSSR count). The predicted molar refractivity (Wildman–Crippen MR) is 144 cm³/mol. The first-order valence-electron chi connectivity index (χ1n) is 11.9. The molecule has 0 aliphatic heterocycles. The molecule has 3 aromatic carbocycles. The molecule has 3 aromatic rings. The van der Waals surface area contributed by atoms with Crippen LogP contribution in [0.3, 0.4) is 0 Å². The Morgan fingerprint density at radius 3 is 1.00 bits per heavy atom. The summed E-state index contributed by atoms with van der Waals surface area (Å²) in [6, 6.07) is 23.2. The lowest BCUT2D eigenvalue weighted by atomic mass is 9.87. The van der Waals surface area contributed by atoms with Gasteiger partial charge < -0.3 is 9.05 Å². The standard InChI is InChI=1S/C30H39O3P/c1-28(2,3)22-10-16-25(17-11-22)32-34(31,27-20-14-24(15-21-27)30(7,8)9)33-26-18-12-23(13-19-26)29(4,5)6/h10-21H,1-9H3. The Kier molecular flexibility index (Phi) is 7.11. The summed E-state index contributed by atoms with van der Waals surface area (Å²) in [6.07, 6.45) is 0. The summed E-state index contributed by atoms with van der Waals surface area (Å²) in [6.45, 7) is 19.4. The normalized spacial score (nSPS) is 13.0. The van der Waals surface area contributed by atoms with Crippen molar-refractivity contribution in [3.63, 3.8) is 0 Å². The fraction of sp³-hybridized carbons (Fsp3) is 0.400. The van der Waals surface area contributed by atoms with Crippen LogP contribution >= 0.6 is 7.60 Å². The number of hydrogen-bond acceptors (Lipinski definition) is 3. The van der Waals surface area contributed by atoms with Crippen LogP contribution < -0.4 is 14.4 Å². The lowest BCUT2D eigenvalue weighted by Gasteiger charge is -2.24. The van der Waals surface area contributed by atoms with Crippen molar-refractivity contribution >= 4 is 12.9 Å². The van der Waals surface area contributed by atoms with Crippen LogP contribution in [-0.4, -0.2) is 0 Å². The van der Waals surface area contributed by atoms with Gasteiger partial charge in [0, 0.05) is 0 Å². The van der Waals surface area contributed by atoms with Crippen LogP contribution in [-0.2, 0) is 20.8 Å². The van der Waals surface area contributed by atoms with Gasteiger partial charge in [-0.3, -0.25) is 0 Å². The van der Waals surface area contributed by atoms with E-state index in [9.17, 15) is 4.57 Å². The summed E-state index contributed by atoms with van der Waals surface area (Å²) in [5, 5.41) is 0.528. The first kappa shape index (κ1) is 26.1. The second kappa shape index (κ2) is 9.27. The summed E-state index contributed by atoms with van der Waals surface area (Å²) in [5.74, 6) is 1.03. The first-order valence-corrected chi connectivity index (χ1v) is 13.4. The molecule has 34 heavy (non-hydrogen) atoms. The van der Waals surface area contributed by atoms with Crippen molar-refractivity contribution < 1.29 is 13.6 Å². The molecule has 0 saturated carbocycles. The lowest BCUT2D eigenvalue weighted by molar-refractivity contribution is 0.399. The fourth-order valence-corrected chi connectivity index (χ4v) is 5.14. The quantitative estimate of drug-likeness (QED) is 0.345. The molecule has 0 aliphatic rings. The lowest BCUT2D eigenvalue weighted by Crippen LogP contribution is -2.17. The van der Waals surface area contributed by atoms with Crippen LogP contribution in [0.4, 0.5) is 0 Å². The Hall–Kier alpha value is -2.51. The van der Waals surface area contributed by atoms with Crippen molar-refractivity contribution in [3.8, 4) is 11.5 Å². The average molecular weight is 479 g/mol. The van der Waals surface area contributed by atoms with Crippen molar-refractivity contribution in [2.24, 2.45) is 0 Å². The third-order valence-electron chi connectivity index (χ3n) is 5.94. The van der Waals surface area contributed by atoms with Gasteiger partial charge in [-0.15, -0.1) is 0 Å². The number of benzene rings is 3. The molecular formula is C30H39O3P. The maximum atomic E-state index is 14.2. The zero-order valence-corrected chi connectivity index (χ0v) is 23.0. The highest BCUT2D eigenvalue weighted by Crippen LogP contribution is 2.48. The first-order chi connectivity index (χ1) is 15.6. The van der Waals surface area contributed by atoms with Crippen LogP contribution in [0.15, 0.2) is 72.8 Å². The molecule has 0 N–H and O–H groups in total. The Morgan fingerprint density at radius 2 is 0.735 bits per heavy atom. The molecule has 0 bridgehead atoms. The largest absolute Gasteiger partial charge is 0.462 e. The monoisotopic (exact) mass is 478 g/mol. The van der Waals surface area contributed by atoms with Gasteiger partial charge in [0.1, 0.15) is 11.5 Å². The molecule has 0 heterocycles. The molecule has 0 atom stereocenters. The van der Waals surface area contributed by atoms with E-state index < -0.39 is 7.60 Å². The van der Waals surface area contributed by atoms with Crippen LogP contribution in [0, 0.1) is 0 Å². The molecule has 0 unspecified atom stereocenters. The van der Waals surface area contributed by atoms with Gasteiger partial charge in [-0.05, 0) is 69.3 Å². The van der Waals surface area contributed by atoms with Crippen LogP contribution in [0.5, 0.6) is 11.5 Å². The van der Waals surface area contributed by atoms with E-state index in [0.717, 1.165) is 5.56 Å². The minimum Gasteiger partial charge on any atom is -0.413 e. The molecule has 0 spiro atoms. The summed E-state index contributed by atoms with van der Waals surface area (Å²) >= 11 is 0. The van der Waals surface area contributed by atoms with Gasteiger partial charge in [-0.25, -0.2) is 4.57 Å². The average Bonchev–Trinajstić information content (AvgIpc) is 2.72. The van der Waals surface area contributed by atoms with E-state index in [-0.39, 0.29) is 16.2 Å². The SMILES string of the molecule is CC(C)(C)c1ccc(OP(=O)(Oc2ccc(C(C)(C)C)cc2)c2ccc(C(C)(C)C)cc2)cc1. The molecule has 0 saturated heterocycles. The van der Waals surface area contributed by atoms with Crippen molar-refractivity contribution in [2.45, 2.75) is 78.6 Å². The zero-order chi connectivity index (χ0) is 25.4. The van der Waals surface area contributed by atoms with E-state index >= 15 is 0 Å². The van der Waals surface area contributed by atoms with Crippen molar-refractivity contribution in [1.29, 1.82) is 0 Å². The summed E-state index contributed by atoms with van der Waals surface area (Å²) in [5.41, 5.74) is 3.57. The van der Waals surface area contributed by atoms with Gasteiger partial charge >= 0.3 is 7.60 Å². The molecule has 4 heteroatoms. The van der Waals surface area contributed by atoms with E-state index in [1.807, 2.05) is 72.8 Å². The highest BCUT2D eigenvalue weighted by atomic mass is 31.2. The third kappa shape index (κ3) is 6.33. The molecule has 0 aliphatic carbocycles. The van der Waals surface area contributed by atoms with Gasteiger partial charge in [0.15, 0.2) is 0 Å². The maximum Gasteiger partial charge on any atom is 0.462 e. The van der Waals surface area contributed by atoms with Gasteiger partial charge in [-0.1, -0.05) is 98.7 Å². The molecule has 0 fully saturated rings. The van der Waals surface area contributed by atoms with Gasteiger partial charge in [0.05, 0.1) is 5.30 Å². The highest BCUT2D eigenvalue weighted by Gasteiger charge is 2.32. The second-order valence-electron chi connectivity index (χ2n) is 12.0. The smallest absolute Gasteiger partial charge is 0.413 e. The number of hydrogen-bond donors (Lipinski definition) is 0. The summed E-state index contributed by atoms with van der Waals surface area (Å²) in [7, 11) is -3.70. The van der Waals surface area contributed by atoms with E-state index in [4.69, 9.17) is 9.05 Å². The van der Waals surface area contributed by atoms with Crippen molar-refractivity contribution in [1.82, 2.24) is 0 Å². The van der Waals surface area contributed by atoms with Crippen LogP contribution in [0.2, 0.25) is 0 Å². The second-order valence-corrected chi connectivity index (χ2v) is 13.9. The third-order valence-corrected chi connectivity index (χ3v) is 7.77. The molecule has 3 nitrogen and oxygen atoms in total. The summed E-state index contributed by atoms with van der Waals surface area (Å²) < 4.78 is 26.5. The molecule has 0 amide bonds. The minimum atomic E-state index is -3.70. The van der Waals surface area contributed by atoms with Gasteiger partial charge in [0.2, 0.25) is 0 Å². The highest BCUT2D eigenvalue weighted by molar-refractivity contribution is 7.63. The molecule has 0 aromatic heterocycles. The Bertz CT molecular complexity index is 1080. The van der Waals surface area contributed by atoms with Crippen LogP contribution in [0.1, 0.15) is 79.0 Å². The van der Waals surface area contributed by atoms with Crippen LogP contribution in [0.25, 0.3) is 0 Å². The Balaban J connectivity index is 1.98. The van der Waals surface area contributed by atoms with Crippen molar-refractivity contribution in [2.75, 3.05) is 0 Å². The molecular weight excluding hydrogens is 439 g/mol. The Labute approximate surface area is 206 Å².